The fourth-order valence-electron chi connectivity index (χ4n) is 1.78. The molecule has 0 radical (unpaired) electrons. The molecule has 0 aliphatic heterocycles. The molecule has 2 aromatic carbocycles. The minimum absolute atomic E-state index is 0.475. The van der Waals surface area contributed by atoms with Gasteiger partial charge in [-0.25, -0.2) is 0 Å². The number of hydrogen-bond donors (Lipinski definition) is 1. The summed E-state index contributed by atoms with van der Waals surface area (Å²) in [7, 11) is 0. The van der Waals surface area contributed by atoms with Crippen molar-refractivity contribution in [2.75, 3.05) is 0 Å². The molecule has 0 spiro atoms. The van der Waals surface area contributed by atoms with Gasteiger partial charge in [-0.1, -0.05) is 30.3 Å². The third-order valence-electron chi connectivity index (χ3n) is 3.19. The van der Waals surface area contributed by atoms with E-state index >= 15 is 0 Å². The highest BCUT2D eigenvalue weighted by molar-refractivity contribution is 5.76. The third kappa shape index (κ3) is 3.16. The molecule has 0 aliphatic rings. The molecule has 2 aromatic rings. The van der Waals surface area contributed by atoms with E-state index in [9.17, 15) is 9.90 Å². The van der Waals surface area contributed by atoms with E-state index < -0.39 is 11.5 Å². The Morgan fingerprint density at radius 2 is 1.75 bits per heavy atom. The maximum atomic E-state index is 11.0. The van der Waals surface area contributed by atoms with Crippen molar-refractivity contribution < 1.29 is 20.4 Å². The van der Waals surface area contributed by atoms with Gasteiger partial charge in [0.2, 0.25) is 0 Å². The predicted molar refractivity (Wildman–Crippen MR) is 72.5 cm³/mol. The molecule has 0 heterocycles. The zero-order chi connectivity index (χ0) is 14.6. The zero-order valence-corrected chi connectivity index (χ0v) is 11.3. The zero-order valence-electron chi connectivity index (χ0n) is 11.3. The van der Waals surface area contributed by atoms with Crippen molar-refractivity contribution in [3.05, 3.63) is 65.7 Å². The predicted octanol–water partition coefficient (Wildman–Crippen LogP) is 0.473. The van der Waals surface area contributed by atoms with Crippen molar-refractivity contribution >= 4 is 5.97 Å². The molecule has 104 valence electrons. The van der Waals surface area contributed by atoms with Gasteiger partial charge in [0, 0.05) is 12.5 Å². The van der Waals surface area contributed by atoms with Crippen LogP contribution in [-0.4, -0.2) is 5.97 Å². The van der Waals surface area contributed by atoms with Crippen LogP contribution in [0.25, 0.3) is 0 Å². The Bertz CT molecular complexity index is 576. The number of carbonyl (C=O) groups excluding carboxylic acids is 1. The van der Waals surface area contributed by atoms with Crippen molar-refractivity contribution in [2.24, 2.45) is 0 Å². The van der Waals surface area contributed by atoms with Crippen LogP contribution < -0.4 is 15.6 Å². The van der Waals surface area contributed by atoms with Gasteiger partial charge in [0.25, 0.3) is 0 Å². The molecular formula is C16H17NO3. The van der Waals surface area contributed by atoms with Gasteiger partial charge in [-0.05, 0) is 29.8 Å². The number of carboxylic acid groups (broad SMARTS) is 1. The normalized spacial score (nSPS) is 13.5. The maximum Gasteiger partial charge on any atom is 0.157 e. The van der Waals surface area contributed by atoms with Gasteiger partial charge in [-0.2, -0.15) is 0 Å². The van der Waals surface area contributed by atoms with Crippen LogP contribution in [0.2, 0.25) is 0 Å². The van der Waals surface area contributed by atoms with Gasteiger partial charge in [0.15, 0.2) is 5.54 Å². The van der Waals surface area contributed by atoms with Crippen molar-refractivity contribution in [3.63, 3.8) is 0 Å². The summed E-state index contributed by atoms with van der Waals surface area (Å²) in [6, 6.07) is 16.7. The molecule has 4 heteroatoms. The minimum Gasteiger partial charge on any atom is -0.543 e. The van der Waals surface area contributed by atoms with Crippen LogP contribution in [0.3, 0.4) is 0 Å². The second-order valence-electron chi connectivity index (χ2n) is 4.92. The Labute approximate surface area is 117 Å². The largest absolute Gasteiger partial charge is 0.543 e. The van der Waals surface area contributed by atoms with E-state index in [4.69, 9.17) is 4.74 Å². The average Bonchev–Trinajstić information content (AvgIpc) is 2.46. The maximum absolute atomic E-state index is 11.0. The number of benzene rings is 2. The van der Waals surface area contributed by atoms with Gasteiger partial charge in [0.1, 0.15) is 18.3 Å². The number of ether oxygens (including phenoxy) is 1. The number of rotatable bonds is 5. The first kappa shape index (κ1) is 14.1. The van der Waals surface area contributed by atoms with E-state index in [2.05, 4.69) is 5.73 Å². The molecule has 0 fully saturated rings. The first-order valence-corrected chi connectivity index (χ1v) is 6.34. The number of hydrogen-bond acceptors (Lipinski definition) is 3. The van der Waals surface area contributed by atoms with Gasteiger partial charge >= 0.3 is 0 Å². The van der Waals surface area contributed by atoms with Gasteiger partial charge in [0.05, 0.1) is 0 Å². The molecule has 0 saturated carbocycles. The Hall–Kier alpha value is -2.33. The van der Waals surface area contributed by atoms with Crippen LogP contribution in [-0.2, 0) is 16.9 Å². The summed E-state index contributed by atoms with van der Waals surface area (Å²) < 4.78 is 5.64. The summed E-state index contributed by atoms with van der Waals surface area (Å²) in [4.78, 5) is 11.0. The smallest absolute Gasteiger partial charge is 0.157 e. The molecule has 0 saturated heterocycles. The monoisotopic (exact) mass is 271 g/mol. The highest BCUT2D eigenvalue weighted by Crippen LogP contribution is 2.20. The van der Waals surface area contributed by atoms with Crippen molar-refractivity contribution in [2.45, 2.75) is 19.1 Å². The molecule has 1 atom stereocenters. The highest BCUT2D eigenvalue weighted by Gasteiger charge is 2.27. The van der Waals surface area contributed by atoms with Crippen LogP contribution in [0.1, 0.15) is 18.1 Å². The molecule has 2 rings (SSSR count). The molecule has 0 bridgehead atoms. The van der Waals surface area contributed by atoms with Crippen molar-refractivity contribution in [1.82, 2.24) is 0 Å². The van der Waals surface area contributed by atoms with Crippen LogP contribution in [0, 0.1) is 0 Å². The van der Waals surface area contributed by atoms with Gasteiger partial charge < -0.3 is 20.4 Å². The average molecular weight is 271 g/mol. The molecule has 0 aromatic heterocycles. The molecule has 0 aliphatic carbocycles. The fourth-order valence-corrected chi connectivity index (χ4v) is 1.78. The standard InChI is InChI=1S/C16H17NO3/c1-16(17,15(18)19)13-7-9-14(10-8-13)20-11-12-5-3-2-4-6-12/h2-10H,11,17H2,1H3,(H,18,19)/t16-/m0/s1. The fraction of sp³-hybridized carbons (Fsp3) is 0.188. The van der Waals surface area contributed by atoms with E-state index in [0.29, 0.717) is 17.9 Å². The lowest BCUT2D eigenvalue weighted by Crippen LogP contribution is -2.75. The summed E-state index contributed by atoms with van der Waals surface area (Å²) in [5.41, 5.74) is 4.07. The lowest BCUT2D eigenvalue weighted by molar-refractivity contribution is -0.489. The summed E-state index contributed by atoms with van der Waals surface area (Å²) >= 11 is 0. The molecule has 20 heavy (non-hydrogen) atoms. The molecule has 3 N–H and O–H groups in total. The number of carbonyl (C=O) groups is 1. The molecule has 0 unspecified atom stereocenters. The lowest BCUT2D eigenvalue weighted by atomic mass is 9.93. The Balaban J connectivity index is 2.04. The Kier molecular flexibility index (Phi) is 4.05. The summed E-state index contributed by atoms with van der Waals surface area (Å²) in [5.74, 6) is -0.512. The topological polar surface area (TPSA) is 77.0 Å². The number of carboxylic acids is 1. The van der Waals surface area contributed by atoms with E-state index in [1.54, 1.807) is 24.3 Å². The van der Waals surface area contributed by atoms with Crippen LogP contribution in [0.5, 0.6) is 5.75 Å². The first-order chi connectivity index (χ1) is 9.50. The number of aliphatic carboxylic acids is 1. The minimum atomic E-state index is -1.25. The first-order valence-electron chi connectivity index (χ1n) is 6.34. The van der Waals surface area contributed by atoms with Crippen LogP contribution >= 0.6 is 0 Å². The highest BCUT2D eigenvalue weighted by atomic mass is 16.5. The van der Waals surface area contributed by atoms with Crippen molar-refractivity contribution in [3.8, 4) is 5.75 Å². The SMILES string of the molecule is C[C@@]([NH3+])(C(=O)[O-])c1ccc(OCc2ccccc2)cc1. The van der Waals surface area contributed by atoms with Gasteiger partial charge in [-0.3, -0.25) is 0 Å². The molecule has 0 amide bonds. The van der Waals surface area contributed by atoms with Crippen molar-refractivity contribution in [1.29, 1.82) is 0 Å². The van der Waals surface area contributed by atoms with E-state index in [1.807, 2.05) is 30.3 Å². The molecule has 4 nitrogen and oxygen atoms in total. The lowest BCUT2D eigenvalue weighted by Gasteiger charge is -2.22. The summed E-state index contributed by atoms with van der Waals surface area (Å²) in [6.45, 7) is 1.99. The third-order valence-corrected chi connectivity index (χ3v) is 3.19. The number of quaternary nitrogens is 1. The second-order valence-corrected chi connectivity index (χ2v) is 4.92. The summed E-state index contributed by atoms with van der Waals surface area (Å²) in [6.07, 6.45) is 0. The second kappa shape index (κ2) is 5.75. The van der Waals surface area contributed by atoms with Crippen LogP contribution in [0.15, 0.2) is 54.6 Å². The van der Waals surface area contributed by atoms with E-state index in [-0.39, 0.29) is 0 Å². The van der Waals surface area contributed by atoms with E-state index in [0.717, 1.165) is 5.56 Å². The van der Waals surface area contributed by atoms with Crippen LogP contribution in [0.4, 0.5) is 0 Å². The Morgan fingerprint density at radius 3 is 2.30 bits per heavy atom. The quantitative estimate of drug-likeness (QED) is 0.859. The summed E-state index contributed by atoms with van der Waals surface area (Å²) in [5, 5.41) is 11.0. The van der Waals surface area contributed by atoms with E-state index in [1.165, 1.54) is 6.92 Å². The van der Waals surface area contributed by atoms with Gasteiger partial charge in [-0.15, -0.1) is 0 Å². The Morgan fingerprint density at radius 1 is 1.15 bits per heavy atom. The molecular weight excluding hydrogens is 254 g/mol.